The van der Waals surface area contributed by atoms with Crippen molar-refractivity contribution in [2.75, 3.05) is 0 Å². The van der Waals surface area contributed by atoms with Crippen molar-refractivity contribution in [2.24, 2.45) is 5.92 Å². The zero-order valence-corrected chi connectivity index (χ0v) is 43.0. The Hall–Kier alpha value is -5.85. The van der Waals surface area contributed by atoms with E-state index in [1.54, 1.807) is 91.3 Å². The van der Waals surface area contributed by atoms with Crippen molar-refractivity contribution < 1.29 is 80.6 Å². The summed E-state index contributed by atoms with van der Waals surface area (Å²) in [6.07, 6.45) is 25.6. The van der Waals surface area contributed by atoms with Gasteiger partial charge in [0, 0.05) is 25.7 Å². The Bertz CT molecular complexity index is 2010. The van der Waals surface area contributed by atoms with Crippen LogP contribution in [0.1, 0.15) is 86.6 Å². The maximum Gasteiger partial charge on any atom is 2.00 e. The second kappa shape index (κ2) is 41.7. The van der Waals surface area contributed by atoms with Crippen LogP contribution in [-0.4, -0.2) is 119 Å². The first kappa shape index (κ1) is 70.4. The molecule has 5 aliphatic rings. The van der Waals surface area contributed by atoms with E-state index in [-0.39, 0.29) is 96.0 Å². The fraction of sp³-hybridized carbons (Fsp3) is 0.304. The van der Waals surface area contributed by atoms with E-state index in [0.29, 0.717) is 78.6 Å². The van der Waals surface area contributed by atoms with Crippen molar-refractivity contribution in [1.82, 2.24) is 0 Å². The zero-order chi connectivity index (χ0) is 53.0. The van der Waals surface area contributed by atoms with Crippen LogP contribution >= 0.6 is 0 Å². The standard InChI is InChI=1S/6C8H10O2.C5H4O2.C3H5.ClH.Mg/c1-2-4-7(9)8-5-3-6-10-8;4*1-2-3-6-4-7(9)5-8(6)10;1-2-3-6-7(9)4-5-8(6)10;6-4-5-2-1-3-7-5;1-3-2;;/h2-3,5-7,9H,1,4H2;4*2,4,7,9H,1,3,5H2;2,4-7,9H,1,3H2;1-4H;3H,1-2H2;1H;/q;;;;;;;-1;;+2/p-1/t;2*7-;;;;;;;/m.10......./s1. The first-order valence-electron chi connectivity index (χ1n) is 22.2. The number of aliphatic hydroxyl groups is 6. The Labute approximate surface area is 445 Å². The molecule has 0 amide bonds. The van der Waals surface area contributed by atoms with Gasteiger partial charge in [-0.2, -0.15) is 0 Å². The van der Waals surface area contributed by atoms with E-state index in [2.05, 4.69) is 57.4 Å². The van der Waals surface area contributed by atoms with Crippen LogP contribution < -0.4 is 12.4 Å². The van der Waals surface area contributed by atoms with E-state index in [0.717, 1.165) is 0 Å². The van der Waals surface area contributed by atoms with Crippen molar-refractivity contribution in [3.8, 4) is 0 Å². The SMILES string of the molecule is C=CCC(O)c1ccco1.C=CCC1=CC(O)CC1=O.C=CCC1=CC(O)CC1=O.C=CCC1=C[C@@H](O)CC1=O.C=CCC1=C[C@H](O)CC1=O.C=CCC1C(=O)C=CC1O.C=C[CH2-].O=Cc1ccco1.[Cl-].[Mg+2]. The van der Waals surface area contributed by atoms with E-state index >= 15 is 0 Å². The van der Waals surface area contributed by atoms with Crippen molar-refractivity contribution in [2.45, 2.75) is 101 Å². The van der Waals surface area contributed by atoms with Crippen molar-refractivity contribution in [3.63, 3.8) is 0 Å². The molecule has 14 nitrogen and oxygen atoms in total. The van der Waals surface area contributed by atoms with E-state index in [1.807, 2.05) is 0 Å². The molecule has 0 saturated heterocycles. The van der Waals surface area contributed by atoms with Crippen molar-refractivity contribution in [1.29, 1.82) is 0 Å². The number of hydrogen-bond acceptors (Lipinski definition) is 14. The summed E-state index contributed by atoms with van der Waals surface area (Å²) in [7, 11) is 0. The monoisotopic (exact) mass is 1020 g/mol. The van der Waals surface area contributed by atoms with Gasteiger partial charge in [0.05, 0.1) is 49.0 Å². The maximum absolute atomic E-state index is 10.9. The van der Waals surface area contributed by atoms with Gasteiger partial charge in [-0.1, -0.05) is 42.5 Å². The third-order valence-electron chi connectivity index (χ3n) is 9.62. The minimum absolute atomic E-state index is 0. The van der Waals surface area contributed by atoms with Gasteiger partial charge in [0.1, 0.15) is 11.9 Å². The Morgan fingerprint density at radius 2 is 0.958 bits per heavy atom. The van der Waals surface area contributed by atoms with Gasteiger partial charge >= 0.3 is 23.1 Å². The molecule has 5 aliphatic carbocycles. The number of furan rings is 2. The van der Waals surface area contributed by atoms with Crippen molar-refractivity contribution in [3.05, 3.63) is 203 Å². The molecule has 72 heavy (non-hydrogen) atoms. The molecule has 5 unspecified atom stereocenters. The Morgan fingerprint density at radius 1 is 0.597 bits per heavy atom. The maximum atomic E-state index is 10.9. The van der Waals surface area contributed by atoms with E-state index in [4.69, 9.17) is 29.9 Å². The molecule has 386 valence electrons. The van der Waals surface area contributed by atoms with Gasteiger partial charge in [0.25, 0.3) is 0 Å². The molecule has 0 aromatic carbocycles. The number of carbonyl (C=O) groups excluding carboxylic acids is 6. The number of halogens is 1. The summed E-state index contributed by atoms with van der Waals surface area (Å²) in [5, 5.41) is 54.2. The van der Waals surface area contributed by atoms with Gasteiger partial charge in [-0.05, 0) is 115 Å². The third kappa shape index (κ3) is 29.5. The number of aldehydes is 1. The number of allylic oxidation sites excluding steroid dienone is 11. The van der Waals surface area contributed by atoms with Gasteiger partial charge in [-0.15, -0.1) is 39.5 Å². The zero-order valence-electron chi connectivity index (χ0n) is 40.9. The molecule has 0 saturated carbocycles. The predicted molar refractivity (Wildman–Crippen MR) is 276 cm³/mol. The van der Waals surface area contributed by atoms with Crippen LogP contribution in [0.25, 0.3) is 0 Å². The number of carbonyl (C=O) groups is 6. The Balaban J connectivity index is -0.000000762. The fourth-order valence-electron chi connectivity index (χ4n) is 6.34. The van der Waals surface area contributed by atoms with Gasteiger partial charge in [0.2, 0.25) is 0 Å². The number of rotatable bonds is 14. The Morgan fingerprint density at radius 3 is 1.17 bits per heavy atom. The predicted octanol–water partition coefficient (Wildman–Crippen LogP) is 4.58. The van der Waals surface area contributed by atoms with Gasteiger partial charge < -0.3 is 51.9 Å². The summed E-state index contributed by atoms with van der Waals surface area (Å²) < 4.78 is 9.56. The molecule has 0 fully saturated rings. The van der Waals surface area contributed by atoms with Crippen molar-refractivity contribution >= 4 is 58.3 Å². The van der Waals surface area contributed by atoms with E-state index < -0.39 is 36.6 Å². The first-order chi connectivity index (χ1) is 33.4. The minimum atomic E-state index is -0.592. The molecule has 0 bridgehead atoms. The van der Waals surface area contributed by atoms with E-state index in [1.165, 1.54) is 24.5 Å². The second-order valence-electron chi connectivity index (χ2n) is 15.4. The average molecular weight is 1030 g/mol. The third-order valence-corrected chi connectivity index (χ3v) is 9.62. The summed E-state index contributed by atoms with van der Waals surface area (Å²) in [5.41, 5.74) is 2.79. The molecule has 2 aromatic heterocycles. The van der Waals surface area contributed by atoms with Crippen LogP contribution in [0.5, 0.6) is 0 Å². The number of Topliss-reactive ketones (excluding diaryl/α,β-unsaturated/α-hetero) is 4. The molecule has 0 spiro atoms. The molecule has 2 heterocycles. The number of aliphatic hydroxyl groups excluding tert-OH is 6. The smallest absolute Gasteiger partial charge is 1.00 e. The summed E-state index contributed by atoms with van der Waals surface area (Å²) in [6.45, 7) is 27.5. The summed E-state index contributed by atoms with van der Waals surface area (Å²) >= 11 is 0. The molecule has 0 aliphatic heterocycles. The van der Waals surface area contributed by atoms with E-state index in [9.17, 15) is 33.9 Å². The van der Waals surface area contributed by atoms with Crippen LogP contribution in [0, 0.1) is 12.8 Å². The van der Waals surface area contributed by atoms with Crippen LogP contribution in [-0.2, 0) is 24.0 Å². The Kier molecular flexibility index (Phi) is 40.8. The fourth-order valence-corrected chi connectivity index (χ4v) is 6.34. The molecule has 16 heteroatoms. The first-order valence-corrected chi connectivity index (χ1v) is 22.2. The van der Waals surface area contributed by atoms with Crippen LogP contribution in [0.15, 0.2) is 193 Å². The summed E-state index contributed by atoms with van der Waals surface area (Å²) in [5.74, 6) is 0.907. The van der Waals surface area contributed by atoms with Gasteiger partial charge in [-0.25, -0.2) is 19.6 Å². The summed E-state index contributed by atoms with van der Waals surface area (Å²) in [6, 6.07) is 6.77. The van der Waals surface area contributed by atoms with Gasteiger partial charge in [-0.3, -0.25) is 28.8 Å². The van der Waals surface area contributed by atoms with Gasteiger partial charge in [0.15, 0.2) is 41.0 Å². The topological polar surface area (TPSA) is 250 Å². The quantitative estimate of drug-likeness (QED) is 0.0657. The molecule has 7 rings (SSSR count). The molecular weight excluding hydrogens is 956 g/mol. The average Bonchev–Trinajstić information content (AvgIpc) is 4.21. The van der Waals surface area contributed by atoms with Crippen LogP contribution in [0.3, 0.4) is 0 Å². The largest absolute Gasteiger partial charge is 2.00 e. The molecule has 7 atom stereocenters. The van der Waals surface area contributed by atoms with Crippen LogP contribution in [0.2, 0.25) is 0 Å². The second-order valence-corrected chi connectivity index (χ2v) is 15.4. The molecule has 6 N–H and O–H groups in total. The van der Waals surface area contributed by atoms with Crippen LogP contribution in [0.4, 0.5) is 0 Å². The number of ketones is 5. The molecular formula is C56H69ClMgO14. The summed E-state index contributed by atoms with van der Waals surface area (Å²) in [4.78, 5) is 64.2. The minimum Gasteiger partial charge on any atom is -1.00 e. The molecule has 2 aromatic rings. The molecule has 0 radical (unpaired) electrons. The number of hydrogen-bond donors (Lipinski definition) is 6. The normalized spacial score (nSPS) is 20.8.